The van der Waals surface area contributed by atoms with Crippen molar-refractivity contribution in [3.05, 3.63) is 95.6 Å². The van der Waals surface area contributed by atoms with Crippen molar-refractivity contribution in [1.29, 1.82) is 0 Å². The molecule has 4 rings (SSSR count). The van der Waals surface area contributed by atoms with Crippen LogP contribution >= 0.6 is 0 Å². The third-order valence-electron chi connectivity index (χ3n) is 4.77. The standard InChI is InChI=1S/C28H26N4O4/c1-28(2,3)36-27(33)30-18-21-10-12-22(13-11-21)19-34-24-9-5-4-8-23(24)26-32-31-25(35-26)15-14-20-7-6-16-29-17-20/h4-13,16-17H,18-19H2,1-3H3,(H,30,33). The van der Waals surface area contributed by atoms with Crippen LogP contribution in [0.4, 0.5) is 4.79 Å². The van der Waals surface area contributed by atoms with Crippen molar-refractivity contribution in [2.24, 2.45) is 0 Å². The highest BCUT2D eigenvalue weighted by molar-refractivity contribution is 5.67. The van der Waals surface area contributed by atoms with Crippen molar-refractivity contribution in [2.75, 3.05) is 0 Å². The summed E-state index contributed by atoms with van der Waals surface area (Å²) in [6, 6.07) is 18.9. The van der Waals surface area contributed by atoms with E-state index in [1.165, 1.54) is 0 Å². The number of hydrogen-bond donors (Lipinski definition) is 1. The van der Waals surface area contributed by atoms with E-state index in [2.05, 4.69) is 32.3 Å². The second-order valence-corrected chi connectivity index (χ2v) is 8.86. The first-order valence-electron chi connectivity index (χ1n) is 11.4. The van der Waals surface area contributed by atoms with E-state index >= 15 is 0 Å². The molecule has 0 unspecified atom stereocenters. The van der Waals surface area contributed by atoms with E-state index in [4.69, 9.17) is 13.9 Å². The van der Waals surface area contributed by atoms with Gasteiger partial charge in [-0.2, -0.15) is 0 Å². The number of rotatable bonds is 6. The van der Waals surface area contributed by atoms with Gasteiger partial charge < -0.3 is 19.2 Å². The first-order chi connectivity index (χ1) is 17.4. The molecule has 1 amide bonds. The van der Waals surface area contributed by atoms with Crippen LogP contribution in [0.25, 0.3) is 11.5 Å². The maximum atomic E-state index is 11.8. The Kier molecular flexibility index (Phi) is 7.61. The molecular formula is C28H26N4O4. The fraction of sp³-hybridized carbons (Fsp3) is 0.214. The number of hydrogen-bond acceptors (Lipinski definition) is 7. The molecular weight excluding hydrogens is 456 g/mol. The molecule has 2 aromatic carbocycles. The van der Waals surface area contributed by atoms with E-state index in [0.29, 0.717) is 30.4 Å². The van der Waals surface area contributed by atoms with Crippen LogP contribution in [0.5, 0.6) is 5.75 Å². The molecule has 0 aliphatic heterocycles. The van der Waals surface area contributed by atoms with Crippen molar-refractivity contribution < 1.29 is 18.7 Å². The topological polar surface area (TPSA) is 99.4 Å². The van der Waals surface area contributed by atoms with E-state index in [9.17, 15) is 4.79 Å². The van der Waals surface area contributed by atoms with Crippen LogP contribution in [0.15, 0.2) is 77.5 Å². The lowest BCUT2D eigenvalue weighted by Crippen LogP contribution is -2.32. The number of carbonyl (C=O) groups is 1. The van der Waals surface area contributed by atoms with Crippen molar-refractivity contribution >= 4 is 6.09 Å². The van der Waals surface area contributed by atoms with Gasteiger partial charge in [0.2, 0.25) is 0 Å². The fourth-order valence-electron chi connectivity index (χ4n) is 3.12. The molecule has 0 aliphatic carbocycles. The Morgan fingerprint density at radius 2 is 1.75 bits per heavy atom. The molecule has 0 atom stereocenters. The van der Waals surface area contributed by atoms with E-state index in [1.807, 2.05) is 81.4 Å². The van der Waals surface area contributed by atoms with Crippen molar-refractivity contribution in [1.82, 2.24) is 20.5 Å². The molecule has 0 aliphatic rings. The molecule has 0 radical (unpaired) electrons. The van der Waals surface area contributed by atoms with Crippen LogP contribution in [0, 0.1) is 11.8 Å². The highest BCUT2D eigenvalue weighted by Gasteiger charge is 2.16. The molecule has 8 nitrogen and oxygen atoms in total. The summed E-state index contributed by atoms with van der Waals surface area (Å²) in [7, 11) is 0. The number of pyridine rings is 1. The average molecular weight is 483 g/mol. The van der Waals surface area contributed by atoms with Gasteiger partial charge in [-0.25, -0.2) is 4.79 Å². The minimum Gasteiger partial charge on any atom is -0.488 e. The minimum atomic E-state index is -0.530. The highest BCUT2D eigenvalue weighted by Crippen LogP contribution is 2.29. The summed E-state index contributed by atoms with van der Waals surface area (Å²) in [5.74, 6) is 6.95. The van der Waals surface area contributed by atoms with E-state index in [-0.39, 0.29) is 5.89 Å². The summed E-state index contributed by atoms with van der Waals surface area (Å²) in [5, 5.41) is 10.9. The number of alkyl carbamates (subject to hydrolysis) is 1. The van der Waals surface area contributed by atoms with Gasteiger partial charge in [0.25, 0.3) is 11.8 Å². The van der Waals surface area contributed by atoms with E-state index < -0.39 is 11.7 Å². The van der Waals surface area contributed by atoms with E-state index in [1.54, 1.807) is 12.4 Å². The third kappa shape index (κ3) is 7.18. The predicted molar refractivity (Wildman–Crippen MR) is 134 cm³/mol. The lowest BCUT2D eigenvalue weighted by atomic mass is 10.1. The lowest BCUT2D eigenvalue weighted by molar-refractivity contribution is 0.0523. The molecule has 0 bridgehead atoms. The Morgan fingerprint density at radius 3 is 2.50 bits per heavy atom. The SMILES string of the molecule is CC(C)(C)OC(=O)NCc1ccc(COc2ccccc2-c2nnc(C#Cc3cccnc3)o2)cc1. The normalized spacial score (nSPS) is 10.8. The molecule has 0 spiro atoms. The lowest BCUT2D eigenvalue weighted by Gasteiger charge is -2.19. The molecule has 8 heteroatoms. The molecule has 0 saturated carbocycles. The molecule has 1 N–H and O–H groups in total. The summed E-state index contributed by atoms with van der Waals surface area (Å²) in [6.07, 6.45) is 2.90. The summed E-state index contributed by atoms with van der Waals surface area (Å²) in [4.78, 5) is 15.9. The Labute approximate surface area is 209 Å². The number of nitrogens with zero attached hydrogens (tertiary/aromatic N) is 3. The molecule has 0 fully saturated rings. The summed E-state index contributed by atoms with van der Waals surface area (Å²) < 4.78 is 17.0. The monoisotopic (exact) mass is 482 g/mol. The number of carbonyl (C=O) groups excluding carboxylic acids is 1. The minimum absolute atomic E-state index is 0.208. The number of amides is 1. The molecule has 2 heterocycles. The second-order valence-electron chi connectivity index (χ2n) is 8.86. The molecule has 36 heavy (non-hydrogen) atoms. The molecule has 2 aromatic heterocycles. The highest BCUT2D eigenvalue weighted by atomic mass is 16.6. The average Bonchev–Trinajstić information content (AvgIpc) is 3.34. The van der Waals surface area contributed by atoms with Crippen molar-refractivity contribution in [3.63, 3.8) is 0 Å². The molecule has 0 saturated heterocycles. The van der Waals surface area contributed by atoms with Gasteiger partial charge in [-0.1, -0.05) is 47.4 Å². The smallest absolute Gasteiger partial charge is 0.407 e. The second kappa shape index (κ2) is 11.2. The molecule has 182 valence electrons. The Morgan fingerprint density at radius 1 is 0.972 bits per heavy atom. The summed E-state index contributed by atoms with van der Waals surface area (Å²) in [6.45, 7) is 6.21. The fourth-order valence-corrected chi connectivity index (χ4v) is 3.12. The zero-order valence-corrected chi connectivity index (χ0v) is 20.3. The van der Waals surface area contributed by atoms with Crippen LogP contribution in [-0.4, -0.2) is 26.9 Å². The van der Waals surface area contributed by atoms with E-state index in [0.717, 1.165) is 16.7 Å². The number of aromatic nitrogens is 3. The third-order valence-corrected chi connectivity index (χ3v) is 4.77. The Hall–Kier alpha value is -4.64. The van der Waals surface area contributed by atoms with Crippen molar-refractivity contribution in [3.8, 4) is 29.0 Å². The van der Waals surface area contributed by atoms with Gasteiger partial charge in [0.05, 0.1) is 5.56 Å². The summed E-state index contributed by atoms with van der Waals surface area (Å²) >= 11 is 0. The van der Waals surface area contributed by atoms with Gasteiger partial charge in [-0.05, 0) is 62.1 Å². The van der Waals surface area contributed by atoms with Crippen LogP contribution in [0.3, 0.4) is 0 Å². The largest absolute Gasteiger partial charge is 0.488 e. The number of nitrogens with one attached hydrogen (secondary N) is 1. The maximum absolute atomic E-state index is 11.8. The number of para-hydroxylation sites is 1. The number of ether oxygens (including phenoxy) is 2. The quantitative estimate of drug-likeness (QED) is 0.380. The van der Waals surface area contributed by atoms with Gasteiger partial charge in [-0.3, -0.25) is 4.98 Å². The summed E-state index contributed by atoms with van der Waals surface area (Å²) in [5.41, 5.74) is 2.83. The van der Waals surface area contributed by atoms with Crippen LogP contribution in [-0.2, 0) is 17.9 Å². The van der Waals surface area contributed by atoms with Gasteiger partial charge in [0, 0.05) is 24.5 Å². The van der Waals surface area contributed by atoms with Crippen LogP contribution in [0.2, 0.25) is 0 Å². The van der Waals surface area contributed by atoms with Gasteiger partial charge in [-0.15, -0.1) is 5.10 Å². The first-order valence-corrected chi connectivity index (χ1v) is 11.4. The molecule has 4 aromatic rings. The predicted octanol–water partition coefficient (Wildman–Crippen LogP) is 5.14. The van der Waals surface area contributed by atoms with Gasteiger partial charge in [0.1, 0.15) is 18.0 Å². The maximum Gasteiger partial charge on any atom is 0.407 e. The van der Waals surface area contributed by atoms with Crippen molar-refractivity contribution in [2.45, 2.75) is 39.5 Å². The Balaban J connectivity index is 1.36. The zero-order valence-electron chi connectivity index (χ0n) is 20.3. The van der Waals surface area contributed by atoms with Crippen LogP contribution < -0.4 is 10.1 Å². The zero-order chi connectivity index (χ0) is 25.4. The van der Waals surface area contributed by atoms with Gasteiger partial charge in [0.15, 0.2) is 0 Å². The van der Waals surface area contributed by atoms with Crippen LogP contribution in [0.1, 0.15) is 43.4 Å². The van der Waals surface area contributed by atoms with Gasteiger partial charge >= 0.3 is 6.09 Å². The Bertz CT molecular complexity index is 1360. The first kappa shape index (κ1) is 24.5. The number of benzene rings is 2.